The number of nitro benzene ring substituents is 1. The summed E-state index contributed by atoms with van der Waals surface area (Å²) in [6.07, 6.45) is 0. The monoisotopic (exact) mass is 235 g/mol. The van der Waals surface area contributed by atoms with Gasteiger partial charge in [0.25, 0.3) is 5.69 Å². The summed E-state index contributed by atoms with van der Waals surface area (Å²) in [5.74, 6) is -0.493. The molecule has 1 aromatic rings. The van der Waals surface area contributed by atoms with Crippen LogP contribution in [0.25, 0.3) is 0 Å². The fourth-order valence-electron chi connectivity index (χ4n) is 1.13. The first-order valence-electron chi connectivity index (χ1n) is 4.57. The van der Waals surface area contributed by atoms with E-state index in [0.29, 0.717) is 5.69 Å². The predicted octanol–water partition coefficient (Wildman–Crippen LogP) is 1.05. The first-order chi connectivity index (χ1) is 8.08. The van der Waals surface area contributed by atoms with Crippen LogP contribution in [0.2, 0.25) is 0 Å². The number of benzene rings is 1. The number of nitriles is 1. The lowest BCUT2D eigenvalue weighted by Gasteiger charge is -2.06. The van der Waals surface area contributed by atoms with Crippen molar-refractivity contribution in [3.8, 4) is 6.07 Å². The molecule has 0 atom stereocenters. The molecule has 1 N–H and O–H groups in total. The number of rotatable bonds is 4. The average molecular weight is 235 g/mol. The van der Waals surface area contributed by atoms with E-state index < -0.39 is 10.9 Å². The van der Waals surface area contributed by atoms with E-state index in [1.165, 1.54) is 19.2 Å². The molecule has 1 rings (SSSR count). The van der Waals surface area contributed by atoms with E-state index in [-0.39, 0.29) is 17.8 Å². The molecule has 7 heteroatoms. The maximum absolute atomic E-state index is 10.9. The molecule has 0 aliphatic rings. The molecule has 7 nitrogen and oxygen atoms in total. The quantitative estimate of drug-likeness (QED) is 0.475. The van der Waals surface area contributed by atoms with Crippen molar-refractivity contribution in [2.45, 2.75) is 0 Å². The highest BCUT2D eigenvalue weighted by Crippen LogP contribution is 2.21. The van der Waals surface area contributed by atoms with Crippen LogP contribution in [0, 0.1) is 21.4 Å². The van der Waals surface area contributed by atoms with E-state index in [1.54, 1.807) is 0 Å². The molecule has 17 heavy (non-hydrogen) atoms. The van der Waals surface area contributed by atoms with Crippen LogP contribution >= 0.6 is 0 Å². The molecule has 0 aromatic heterocycles. The molecule has 0 unspecified atom stereocenters. The predicted molar refractivity (Wildman–Crippen MR) is 58.3 cm³/mol. The number of nitrogens with one attached hydrogen (secondary N) is 1. The van der Waals surface area contributed by atoms with Crippen molar-refractivity contribution in [3.63, 3.8) is 0 Å². The van der Waals surface area contributed by atoms with Crippen molar-refractivity contribution in [2.75, 3.05) is 19.0 Å². The highest BCUT2D eigenvalue weighted by Gasteiger charge is 2.11. The second-order valence-electron chi connectivity index (χ2n) is 3.03. The van der Waals surface area contributed by atoms with Crippen molar-refractivity contribution in [3.05, 3.63) is 33.9 Å². The lowest BCUT2D eigenvalue weighted by atomic mass is 10.1. The van der Waals surface area contributed by atoms with Crippen molar-refractivity contribution in [1.29, 1.82) is 5.26 Å². The Morgan fingerprint density at radius 3 is 2.88 bits per heavy atom. The van der Waals surface area contributed by atoms with Gasteiger partial charge in [0.1, 0.15) is 12.6 Å². The standard InChI is InChI=1S/C10H9N3O4/c1-17-10(14)6-12-9-3-2-8(13(15)16)4-7(9)5-11/h2-4,12H,6H2,1H3. The summed E-state index contributed by atoms with van der Waals surface area (Å²) in [6, 6.07) is 5.58. The minimum atomic E-state index is -0.592. The molecule has 0 amide bonds. The summed E-state index contributed by atoms with van der Waals surface area (Å²) in [5.41, 5.74) is 0.275. The number of anilines is 1. The van der Waals surface area contributed by atoms with E-state index in [9.17, 15) is 14.9 Å². The number of nitrogens with zero attached hydrogens (tertiary/aromatic N) is 2. The number of methoxy groups -OCH3 is 1. The molecule has 0 radical (unpaired) electrons. The van der Waals surface area contributed by atoms with E-state index in [1.807, 2.05) is 6.07 Å². The highest BCUT2D eigenvalue weighted by atomic mass is 16.6. The summed E-state index contributed by atoms with van der Waals surface area (Å²) in [7, 11) is 1.24. The third-order valence-corrected chi connectivity index (χ3v) is 1.99. The zero-order chi connectivity index (χ0) is 12.8. The highest BCUT2D eigenvalue weighted by molar-refractivity contribution is 5.76. The smallest absolute Gasteiger partial charge is 0.325 e. The second kappa shape index (κ2) is 5.46. The Bertz CT molecular complexity index is 493. The summed E-state index contributed by atoms with van der Waals surface area (Å²) < 4.78 is 4.41. The lowest BCUT2D eigenvalue weighted by Crippen LogP contribution is -2.15. The molecule has 0 heterocycles. The Hall–Kier alpha value is -2.62. The zero-order valence-corrected chi connectivity index (χ0v) is 8.97. The molecule has 0 saturated heterocycles. The van der Waals surface area contributed by atoms with Crippen LogP contribution in [-0.2, 0) is 9.53 Å². The van der Waals surface area contributed by atoms with E-state index in [4.69, 9.17) is 5.26 Å². The molecule has 0 fully saturated rings. The van der Waals surface area contributed by atoms with Crippen molar-refractivity contribution < 1.29 is 14.5 Å². The van der Waals surface area contributed by atoms with Crippen LogP contribution in [0.4, 0.5) is 11.4 Å². The molecule has 0 spiro atoms. The van der Waals surface area contributed by atoms with Crippen LogP contribution in [-0.4, -0.2) is 24.5 Å². The minimum absolute atomic E-state index is 0.100. The molecule has 0 bridgehead atoms. The van der Waals surface area contributed by atoms with Crippen LogP contribution < -0.4 is 5.32 Å². The lowest BCUT2D eigenvalue weighted by molar-refractivity contribution is -0.384. The minimum Gasteiger partial charge on any atom is -0.468 e. The van der Waals surface area contributed by atoms with Gasteiger partial charge in [0.15, 0.2) is 0 Å². The van der Waals surface area contributed by atoms with Crippen LogP contribution in [0.15, 0.2) is 18.2 Å². The Morgan fingerprint density at radius 1 is 1.65 bits per heavy atom. The fraction of sp³-hybridized carbons (Fsp3) is 0.200. The number of hydrogen-bond acceptors (Lipinski definition) is 6. The maximum atomic E-state index is 10.9. The molecule has 0 aliphatic carbocycles. The number of carbonyl (C=O) groups is 1. The summed E-state index contributed by atoms with van der Waals surface area (Å²) >= 11 is 0. The van der Waals surface area contributed by atoms with Gasteiger partial charge in [-0.1, -0.05) is 0 Å². The maximum Gasteiger partial charge on any atom is 0.325 e. The number of esters is 1. The third-order valence-electron chi connectivity index (χ3n) is 1.99. The summed E-state index contributed by atoms with van der Waals surface area (Å²) in [5, 5.41) is 22.0. The SMILES string of the molecule is COC(=O)CNc1ccc([N+](=O)[O-])cc1C#N. The number of nitro groups is 1. The van der Waals surface area contributed by atoms with Gasteiger partial charge in [-0.2, -0.15) is 5.26 Å². The molecular formula is C10H9N3O4. The number of hydrogen-bond donors (Lipinski definition) is 1. The number of ether oxygens (including phenoxy) is 1. The van der Waals surface area contributed by atoms with Crippen LogP contribution in [0.3, 0.4) is 0 Å². The molecule has 0 aliphatic heterocycles. The van der Waals surface area contributed by atoms with Gasteiger partial charge < -0.3 is 10.1 Å². The molecule has 1 aromatic carbocycles. The largest absolute Gasteiger partial charge is 0.468 e. The Labute approximate surface area is 96.8 Å². The van der Waals surface area contributed by atoms with E-state index in [0.717, 1.165) is 6.07 Å². The van der Waals surface area contributed by atoms with Crippen molar-refractivity contribution >= 4 is 17.3 Å². The van der Waals surface area contributed by atoms with Gasteiger partial charge in [0.2, 0.25) is 0 Å². The zero-order valence-electron chi connectivity index (χ0n) is 8.97. The van der Waals surface area contributed by atoms with Gasteiger partial charge in [-0.15, -0.1) is 0 Å². The van der Waals surface area contributed by atoms with Gasteiger partial charge in [0.05, 0.1) is 23.3 Å². The summed E-state index contributed by atoms with van der Waals surface area (Å²) in [4.78, 5) is 20.8. The first kappa shape index (κ1) is 12.4. The molecule has 0 saturated carbocycles. The van der Waals surface area contributed by atoms with Gasteiger partial charge in [-0.25, -0.2) is 0 Å². The first-order valence-corrected chi connectivity index (χ1v) is 4.57. The van der Waals surface area contributed by atoms with E-state index in [2.05, 4.69) is 10.1 Å². The van der Waals surface area contributed by atoms with Gasteiger partial charge >= 0.3 is 5.97 Å². The van der Waals surface area contributed by atoms with Crippen LogP contribution in [0.1, 0.15) is 5.56 Å². The Balaban J connectivity index is 2.90. The third kappa shape index (κ3) is 3.17. The summed E-state index contributed by atoms with van der Waals surface area (Å²) in [6.45, 7) is -0.108. The van der Waals surface area contributed by atoms with Crippen molar-refractivity contribution in [1.82, 2.24) is 0 Å². The molecular weight excluding hydrogens is 226 g/mol. The fourth-order valence-corrected chi connectivity index (χ4v) is 1.13. The van der Waals surface area contributed by atoms with E-state index >= 15 is 0 Å². The topological polar surface area (TPSA) is 105 Å². The normalized spacial score (nSPS) is 9.18. The van der Waals surface area contributed by atoms with Gasteiger partial charge in [0, 0.05) is 12.1 Å². The second-order valence-corrected chi connectivity index (χ2v) is 3.03. The number of non-ortho nitro benzene ring substituents is 1. The Kier molecular flexibility index (Phi) is 4.00. The van der Waals surface area contributed by atoms with Gasteiger partial charge in [-0.05, 0) is 6.07 Å². The average Bonchev–Trinajstić information content (AvgIpc) is 2.35. The number of carbonyl (C=O) groups excluding carboxylic acids is 1. The Morgan fingerprint density at radius 2 is 2.35 bits per heavy atom. The van der Waals surface area contributed by atoms with Gasteiger partial charge in [-0.3, -0.25) is 14.9 Å². The van der Waals surface area contributed by atoms with Crippen LogP contribution in [0.5, 0.6) is 0 Å². The molecule has 88 valence electrons. The van der Waals surface area contributed by atoms with Crippen molar-refractivity contribution in [2.24, 2.45) is 0 Å².